The minimum Gasteiger partial charge on any atom is -0.494 e. The number of carbonyl (C=O) groups is 1. The predicted molar refractivity (Wildman–Crippen MR) is 144 cm³/mol. The Bertz CT molecular complexity index is 1240. The van der Waals surface area contributed by atoms with Gasteiger partial charge in [-0.05, 0) is 55.3 Å². The molecule has 3 heterocycles. The summed E-state index contributed by atoms with van der Waals surface area (Å²) < 4.78 is 28.0. The molecule has 3 aromatic rings. The van der Waals surface area contributed by atoms with Crippen LogP contribution in [0.25, 0.3) is 0 Å². The molecule has 0 radical (unpaired) electrons. The van der Waals surface area contributed by atoms with Crippen LogP contribution >= 0.6 is 0 Å². The zero-order valence-electron chi connectivity index (χ0n) is 21.9. The second-order valence-corrected chi connectivity index (χ2v) is 10.1. The first-order chi connectivity index (χ1) is 18.4. The standard InChI is InChI=1S/C29H35FN4O4/c1-3-37-26-8-9-27(30)28(16-26)33-12-10-25(11-13-33)38-24-6-4-22(5-7-24)34-19-20(14-23(34)15-29(35)36)21-17-31-32(2)18-21/h4-9,16-18,20,23,25H,3,10-15,19H2,1-2H3,(H,35,36)/t20-,23-/m1/s1. The number of anilines is 2. The summed E-state index contributed by atoms with van der Waals surface area (Å²) in [7, 11) is 1.89. The number of nitrogens with zero attached hydrogens (tertiary/aromatic N) is 4. The first-order valence-corrected chi connectivity index (χ1v) is 13.3. The van der Waals surface area contributed by atoms with Crippen molar-refractivity contribution in [1.29, 1.82) is 0 Å². The van der Waals surface area contributed by atoms with E-state index in [-0.39, 0.29) is 30.3 Å². The van der Waals surface area contributed by atoms with Gasteiger partial charge in [-0.15, -0.1) is 0 Å². The third-order valence-corrected chi connectivity index (χ3v) is 7.50. The van der Waals surface area contributed by atoms with Crippen molar-refractivity contribution in [3.63, 3.8) is 0 Å². The number of carboxylic acids is 1. The smallest absolute Gasteiger partial charge is 0.305 e. The number of benzene rings is 2. The van der Waals surface area contributed by atoms with Crippen LogP contribution in [0.1, 0.15) is 44.1 Å². The van der Waals surface area contributed by atoms with Crippen LogP contribution in [-0.2, 0) is 11.8 Å². The zero-order chi connectivity index (χ0) is 26.6. The number of rotatable bonds is 9. The largest absolute Gasteiger partial charge is 0.494 e. The molecule has 0 unspecified atom stereocenters. The van der Waals surface area contributed by atoms with Crippen LogP contribution in [0.2, 0.25) is 0 Å². The molecule has 2 fully saturated rings. The summed E-state index contributed by atoms with van der Waals surface area (Å²) in [6.45, 7) is 4.62. The van der Waals surface area contributed by atoms with E-state index in [2.05, 4.69) is 14.9 Å². The number of hydrogen-bond acceptors (Lipinski definition) is 6. The number of aryl methyl sites for hydroxylation is 1. The second-order valence-electron chi connectivity index (χ2n) is 10.1. The molecule has 8 nitrogen and oxygen atoms in total. The van der Waals surface area contributed by atoms with Crippen molar-refractivity contribution < 1.29 is 23.8 Å². The molecule has 2 saturated heterocycles. The van der Waals surface area contributed by atoms with E-state index in [4.69, 9.17) is 9.47 Å². The van der Waals surface area contributed by atoms with Crippen molar-refractivity contribution in [2.75, 3.05) is 36.0 Å². The van der Waals surface area contributed by atoms with Gasteiger partial charge < -0.3 is 24.4 Å². The number of hydrogen-bond donors (Lipinski definition) is 1. The number of piperidine rings is 1. The van der Waals surface area contributed by atoms with Gasteiger partial charge >= 0.3 is 5.97 Å². The average molecular weight is 523 g/mol. The van der Waals surface area contributed by atoms with Crippen LogP contribution < -0.4 is 19.3 Å². The molecule has 0 aliphatic carbocycles. The molecule has 2 atom stereocenters. The summed E-state index contributed by atoms with van der Waals surface area (Å²) in [5.41, 5.74) is 2.71. The number of halogens is 1. The highest BCUT2D eigenvalue weighted by Crippen LogP contribution is 2.37. The van der Waals surface area contributed by atoms with Gasteiger partial charge in [0.05, 0.1) is 24.9 Å². The maximum absolute atomic E-state index is 14.5. The van der Waals surface area contributed by atoms with E-state index in [1.165, 1.54) is 6.07 Å². The number of carboxylic acid groups (broad SMARTS) is 1. The zero-order valence-corrected chi connectivity index (χ0v) is 21.9. The van der Waals surface area contributed by atoms with Crippen molar-refractivity contribution in [2.45, 2.75) is 50.7 Å². The number of aliphatic carboxylic acids is 1. The van der Waals surface area contributed by atoms with Gasteiger partial charge in [0.2, 0.25) is 0 Å². The van der Waals surface area contributed by atoms with E-state index in [9.17, 15) is 14.3 Å². The Balaban J connectivity index is 1.20. The highest BCUT2D eigenvalue weighted by molar-refractivity contribution is 5.69. The molecule has 2 aliphatic rings. The van der Waals surface area contributed by atoms with Crippen LogP contribution in [0.3, 0.4) is 0 Å². The fourth-order valence-corrected chi connectivity index (χ4v) is 5.63. The Hall–Kier alpha value is -3.75. The molecule has 9 heteroatoms. The normalized spacial score (nSPS) is 20.1. The lowest BCUT2D eigenvalue weighted by Crippen LogP contribution is -2.38. The van der Waals surface area contributed by atoms with Gasteiger partial charge in [-0.1, -0.05) is 0 Å². The third kappa shape index (κ3) is 5.87. The Kier molecular flexibility index (Phi) is 7.72. The molecule has 0 bridgehead atoms. The topological polar surface area (TPSA) is 80.1 Å². The average Bonchev–Trinajstić information content (AvgIpc) is 3.52. The number of ether oxygens (including phenoxy) is 2. The quantitative estimate of drug-likeness (QED) is 0.431. The summed E-state index contributed by atoms with van der Waals surface area (Å²) >= 11 is 0. The van der Waals surface area contributed by atoms with E-state index < -0.39 is 5.97 Å². The summed E-state index contributed by atoms with van der Waals surface area (Å²) in [6, 6.07) is 12.8. The van der Waals surface area contributed by atoms with Gasteiger partial charge in [0.1, 0.15) is 23.4 Å². The summed E-state index contributed by atoms with van der Waals surface area (Å²) in [5.74, 6) is 0.681. The highest BCUT2D eigenvalue weighted by Gasteiger charge is 2.35. The lowest BCUT2D eigenvalue weighted by molar-refractivity contribution is -0.137. The van der Waals surface area contributed by atoms with Gasteiger partial charge in [-0.25, -0.2) is 4.39 Å². The number of aromatic nitrogens is 2. The van der Waals surface area contributed by atoms with E-state index in [1.54, 1.807) is 16.8 Å². The molecule has 0 spiro atoms. The fourth-order valence-electron chi connectivity index (χ4n) is 5.63. The van der Waals surface area contributed by atoms with E-state index in [0.29, 0.717) is 31.1 Å². The Morgan fingerprint density at radius 3 is 2.53 bits per heavy atom. The van der Waals surface area contributed by atoms with Crippen molar-refractivity contribution in [3.8, 4) is 11.5 Å². The third-order valence-electron chi connectivity index (χ3n) is 7.50. The molecule has 1 N–H and O–H groups in total. The highest BCUT2D eigenvalue weighted by atomic mass is 19.1. The van der Waals surface area contributed by atoms with Crippen LogP contribution in [0.5, 0.6) is 11.5 Å². The minimum atomic E-state index is -0.789. The van der Waals surface area contributed by atoms with E-state index >= 15 is 0 Å². The van der Waals surface area contributed by atoms with Crippen LogP contribution in [-0.4, -0.2) is 59.2 Å². The van der Waals surface area contributed by atoms with Crippen LogP contribution in [0.4, 0.5) is 15.8 Å². The van der Waals surface area contributed by atoms with Gasteiger partial charge in [-0.2, -0.15) is 5.10 Å². The molecule has 0 saturated carbocycles. The first-order valence-electron chi connectivity index (χ1n) is 13.3. The van der Waals surface area contributed by atoms with Crippen molar-refractivity contribution in [1.82, 2.24) is 9.78 Å². The monoisotopic (exact) mass is 522 g/mol. The Morgan fingerprint density at radius 1 is 1.13 bits per heavy atom. The molecule has 1 aromatic heterocycles. The molecule has 202 valence electrons. The summed E-state index contributed by atoms with van der Waals surface area (Å²) in [4.78, 5) is 15.8. The van der Waals surface area contributed by atoms with Crippen molar-refractivity contribution in [3.05, 3.63) is 66.2 Å². The maximum Gasteiger partial charge on any atom is 0.305 e. The first kappa shape index (κ1) is 25.9. The molecule has 0 amide bonds. The Labute approximate surface area is 222 Å². The van der Waals surface area contributed by atoms with Gasteiger partial charge in [0, 0.05) is 69.4 Å². The van der Waals surface area contributed by atoms with E-state index in [0.717, 1.165) is 42.8 Å². The second kappa shape index (κ2) is 11.3. The van der Waals surface area contributed by atoms with E-state index in [1.807, 2.05) is 50.6 Å². The van der Waals surface area contributed by atoms with Crippen LogP contribution in [0, 0.1) is 5.82 Å². The molecule has 2 aromatic carbocycles. The lowest BCUT2D eigenvalue weighted by atomic mass is 9.98. The maximum atomic E-state index is 14.5. The van der Waals surface area contributed by atoms with Gasteiger partial charge in [0.15, 0.2) is 0 Å². The molecular formula is C29H35FN4O4. The molecule has 2 aliphatic heterocycles. The van der Waals surface area contributed by atoms with Crippen molar-refractivity contribution >= 4 is 17.3 Å². The van der Waals surface area contributed by atoms with Crippen LogP contribution in [0.15, 0.2) is 54.9 Å². The predicted octanol–water partition coefficient (Wildman–Crippen LogP) is 4.84. The van der Waals surface area contributed by atoms with Gasteiger partial charge in [0.25, 0.3) is 0 Å². The molecule has 38 heavy (non-hydrogen) atoms. The summed E-state index contributed by atoms with van der Waals surface area (Å²) in [5, 5.41) is 13.8. The fraction of sp³-hybridized carbons (Fsp3) is 0.448. The molecule has 5 rings (SSSR count). The van der Waals surface area contributed by atoms with Gasteiger partial charge in [-0.3, -0.25) is 9.48 Å². The minimum absolute atomic E-state index is 0.0525. The SMILES string of the molecule is CCOc1ccc(F)c(N2CCC(Oc3ccc(N4C[C@H](c5cnn(C)c5)C[C@@H]4CC(=O)O)cc3)CC2)c1. The molecular weight excluding hydrogens is 487 g/mol. The van der Waals surface area contributed by atoms with Crippen molar-refractivity contribution in [2.24, 2.45) is 7.05 Å². The summed E-state index contributed by atoms with van der Waals surface area (Å²) in [6.07, 6.45) is 6.40. The lowest BCUT2D eigenvalue weighted by Gasteiger charge is -2.34. The Morgan fingerprint density at radius 2 is 1.87 bits per heavy atom.